The summed E-state index contributed by atoms with van der Waals surface area (Å²) in [5.41, 5.74) is 7.65. The topological polar surface area (TPSA) is 38.0 Å². The molecule has 2 aromatic rings. The van der Waals surface area contributed by atoms with Crippen LogP contribution in [0.4, 0.5) is 21.5 Å². The molecule has 2 aromatic carbocycles. The lowest BCUT2D eigenvalue weighted by atomic mass is 10.2. The Morgan fingerprint density at radius 3 is 2.47 bits per heavy atom. The van der Waals surface area contributed by atoms with Crippen LogP contribution in [0.15, 0.2) is 40.9 Å². The summed E-state index contributed by atoms with van der Waals surface area (Å²) in [6.45, 7) is 0. The minimum absolute atomic E-state index is 0.300. The molecular weight excluding hydrogens is 307 g/mol. The van der Waals surface area contributed by atoms with Gasteiger partial charge in [0.25, 0.3) is 0 Å². The van der Waals surface area contributed by atoms with Crippen LogP contribution in [-0.4, -0.2) is 0 Å². The van der Waals surface area contributed by atoms with E-state index in [0.717, 1.165) is 5.69 Å². The van der Waals surface area contributed by atoms with Crippen molar-refractivity contribution in [2.45, 2.75) is 0 Å². The van der Waals surface area contributed by atoms with Crippen LogP contribution in [0.25, 0.3) is 0 Å². The molecule has 5 heteroatoms. The van der Waals surface area contributed by atoms with E-state index < -0.39 is 0 Å². The second-order valence-electron chi connectivity index (χ2n) is 3.49. The van der Waals surface area contributed by atoms with Gasteiger partial charge < -0.3 is 11.1 Å². The fraction of sp³-hybridized carbons (Fsp3) is 0. The van der Waals surface area contributed by atoms with Crippen LogP contribution in [0, 0.1) is 5.82 Å². The van der Waals surface area contributed by atoms with Crippen molar-refractivity contribution in [2.75, 3.05) is 11.1 Å². The Labute approximate surface area is 112 Å². The molecule has 0 aliphatic heterocycles. The highest BCUT2D eigenvalue weighted by atomic mass is 79.9. The molecule has 88 valence electrons. The van der Waals surface area contributed by atoms with Gasteiger partial charge in [0, 0.05) is 10.2 Å². The average molecular weight is 316 g/mol. The maximum Gasteiger partial charge on any atom is 0.124 e. The molecule has 0 unspecified atom stereocenters. The fourth-order valence-corrected chi connectivity index (χ4v) is 2.05. The standard InChI is InChI=1S/C12H9BrClFN2/c13-9-5-7(15)1-3-11(9)17-12-4-2-8(16)6-10(12)14/h1-6,17H,16H2. The Morgan fingerprint density at radius 1 is 1.12 bits per heavy atom. The van der Waals surface area contributed by atoms with Crippen LogP contribution in [0.3, 0.4) is 0 Å². The van der Waals surface area contributed by atoms with Crippen LogP contribution in [0.2, 0.25) is 5.02 Å². The first-order valence-electron chi connectivity index (χ1n) is 4.83. The lowest BCUT2D eigenvalue weighted by Crippen LogP contribution is -1.94. The van der Waals surface area contributed by atoms with E-state index in [2.05, 4.69) is 21.2 Å². The van der Waals surface area contributed by atoms with Crippen molar-refractivity contribution in [3.63, 3.8) is 0 Å². The van der Waals surface area contributed by atoms with Gasteiger partial charge in [0.1, 0.15) is 5.82 Å². The van der Waals surface area contributed by atoms with Crippen molar-refractivity contribution in [3.8, 4) is 0 Å². The van der Waals surface area contributed by atoms with Gasteiger partial charge in [-0.15, -0.1) is 0 Å². The van der Waals surface area contributed by atoms with Crippen molar-refractivity contribution in [1.82, 2.24) is 0 Å². The first-order valence-corrected chi connectivity index (χ1v) is 6.00. The number of anilines is 3. The van der Waals surface area contributed by atoms with Crippen LogP contribution < -0.4 is 11.1 Å². The molecule has 0 radical (unpaired) electrons. The van der Waals surface area contributed by atoms with Crippen molar-refractivity contribution < 1.29 is 4.39 Å². The fourth-order valence-electron chi connectivity index (χ4n) is 1.37. The van der Waals surface area contributed by atoms with Gasteiger partial charge in [-0.3, -0.25) is 0 Å². The number of hydrogen-bond donors (Lipinski definition) is 2. The lowest BCUT2D eigenvalue weighted by Gasteiger charge is -2.10. The molecule has 0 amide bonds. The number of nitrogens with one attached hydrogen (secondary N) is 1. The minimum atomic E-state index is -0.300. The smallest absolute Gasteiger partial charge is 0.124 e. The quantitative estimate of drug-likeness (QED) is 0.797. The van der Waals surface area contributed by atoms with Gasteiger partial charge in [0.05, 0.1) is 16.4 Å². The van der Waals surface area contributed by atoms with E-state index in [1.165, 1.54) is 12.1 Å². The summed E-state index contributed by atoms with van der Waals surface area (Å²) in [4.78, 5) is 0. The Hall–Kier alpha value is -1.26. The molecule has 3 N–H and O–H groups in total. The van der Waals surface area contributed by atoms with Crippen LogP contribution in [0.5, 0.6) is 0 Å². The molecule has 17 heavy (non-hydrogen) atoms. The number of benzene rings is 2. The van der Waals surface area contributed by atoms with Crippen molar-refractivity contribution in [2.24, 2.45) is 0 Å². The third-order valence-corrected chi connectivity index (χ3v) is 3.16. The largest absolute Gasteiger partial charge is 0.399 e. The molecule has 0 aromatic heterocycles. The highest BCUT2D eigenvalue weighted by Gasteiger charge is 2.05. The first-order chi connectivity index (χ1) is 8.06. The minimum Gasteiger partial charge on any atom is -0.399 e. The lowest BCUT2D eigenvalue weighted by molar-refractivity contribution is 0.627. The van der Waals surface area contributed by atoms with E-state index in [9.17, 15) is 4.39 Å². The zero-order valence-electron chi connectivity index (χ0n) is 8.68. The predicted molar refractivity (Wildman–Crippen MR) is 73.2 cm³/mol. The zero-order valence-corrected chi connectivity index (χ0v) is 11.0. The van der Waals surface area contributed by atoms with Gasteiger partial charge in [-0.05, 0) is 52.3 Å². The molecule has 0 atom stereocenters. The van der Waals surface area contributed by atoms with E-state index in [0.29, 0.717) is 20.9 Å². The molecule has 2 nitrogen and oxygen atoms in total. The molecule has 0 aliphatic carbocycles. The van der Waals surface area contributed by atoms with Gasteiger partial charge in [0.15, 0.2) is 0 Å². The first kappa shape index (κ1) is 12.2. The third kappa shape index (κ3) is 2.90. The summed E-state index contributed by atoms with van der Waals surface area (Å²) in [6.07, 6.45) is 0. The molecule has 0 saturated carbocycles. The monoisotopic (exact) mass is 314 g/mol. The van der Waals surface area contributed by atoms with Gasteiger partial charge in [-0.25, -0.2) is 4.39 Å². The Morgan fingerprint density at radius 2 is 1.82 bits per heavy atom. The molecule has 0 bridgehead atoms. The molecule has 0 saturated heterocycles. The highest BCUT2D eigenvalue weighted by Crippen LogP contribution is 2.31. The summed E-state index contributed by atoms with van der Waals surface area (Å²) >= 11 is 9.30. The molecule has 0 heterocycles. The summed E-state index contributed by atoms with van der Waals surface area (Å²) in [6, 6.07) is 9.55. The maximum atomic E-state index is 12.9. The van der Waals surface area contributed by atoms with Gasteiger partial charge in [-0.2, -0.15) is 0 Å². The van der Waals surface area contributed by atoms with Crippen molar-refractivity contribution in [1.29, 1.82) is 0 Å². The second-order valence-corrected chi connectivity index (χ2v) is 4.75. The van der Waals surface area contributed by atoms with Crippen LogP contribution >= 0.6 is 27.5 Å². The summed E-state index contributed by atoms with van der Waals surface area (Å²) in [5.74, 6) is -0.300. The normalized spacial score (nSPS) is 10.3. The Bertz CT molecular complexity index is 511. The molecule has 0 aliphatic rings. The number of halogens is 3. The van der Waals surface area contributed by atoms with Gasteiger partial charge in [0.2, 0.25) is 0 Å². The molecular formula is C12H9BrClFN2. The second kappa shape index (κ2) is 4.94. The molecule has 2 rings (SSSR count). The highest BCUT2D eigenvalue weighted by molar-refractivity contribution is 9.10. The number of nitrogens with two attached hydrogens (primary N) is 1. The van der Waals surface area contributed by atoms with Crippen LogP contribution in [0.1, 0.15) is 0 Å². The number of hydrogen-bond acceptors (Lipinski definition) is 2. The zero-order chi connectivity index (χ0) is 12.4. The van der Waals surface area contributed by atoms with E-state index in [1.54, 1.807) is 24.3 Å². The summed E-state index contributed by atoms with van der Waals surface area (Å²) in [7, 11) is 0. The van der Waals surface area contributed by atoms with E-state index in [4.69, 9.17) is 17.3 Å². The van der Waals surface area contributed by atoms with E-state index >= 15 is 0 Å². The van der Waals surface area contributed by atoms with Gasteiger partial charge in [-0.1, -0.05) is 11.6 Å². The third-order valence-electron chi connectivity index (χ3n) is 2.19. The molecule has 0 fully saturated rings. The molecule has 0 spiro atoms. The average Bonchev–Trinajstić information content (AvgIpc) is 2.25. The Kier molecular flexibility index (Phi) is 3.54. The van der Waals surface area contributed by atoms with E-state index in [1.807, 2.05) is 0 Å². The Balaban J connectivity index is 2.31. The number of rotatable bonds is 2. The van der Waals surface area contributed by atoms with Crippen molar-refractivity contribution >= 4 is 44.6 Å². The number of nitrogen functional groups attached to an aromatic ring is 1. The maximum absolute atomic E-state index is 12.9. The summed E-state index contributed by atoms with van der Waals surface area (Å²) < 4.78 is 13.5. The van der Waals surface area contributed by atoms with Crippen LogP contribution in [-0.2, 0) is 0 Å². The van der Waals surface area contributed by atoms with Gasteiger partial charge >= 0.3 is 0 Å². The predicted octanol–water partition coefficient (Wildman–Crippen LogP) is 4.57. The summed E-state index contributed by atoms with van der Waals surface area (Å²) in [5, 5.41) is 3.61. The van der Waals surface area contributed by atoms with E-state index in [-0.39, 0.29) is 5.82 Å². The van der Waals surface area contributed by atoms with Crippen molar-refractivity contribution in [3.05, 3.63) is 51.7 Å². The SMILES string of the molecule is Nc1ccc(Nc2ccc(F)cc2Br)c(Cl)c1.